The number of nitrogens with one attached hydrogen (secondary N) is 1. The zero-order chi connectivity index (χ0) is 19.8. The first kappa shape index (κ1) is 19.7. The van der Waals surface area contributed by atoms with Crippen LogP contribution >= 0.6 is 0 Å². The summed E-state index contributed by atoms with van der Waals surface area (Å²) in [6.45, 7) is 1.74. The van der Waals surface area contributed by atoms with Gasteiger partial charge in [0.2, 0.25) is 0 Å². The summed E-state index contributed by atoms with van der Waals surface area (Å²) < 4.78 is 57.2. The predicted octanol–water partition coefficient (Wildman–Crippen LogP) is 0.222. The number of nitrogen functional groups attached to an aromatic ring is 1. The molecule has 11 heteroatoms. The van der Waals surface area contributed by atoms with Crippen LogP contribution in [0.3, 0.4) is 0 Å². The van der Waals surface area contributed by atoms with Crippen molar-refractivity contribution in [3.63, 3.8) is 0 Å². The Bertz CT molecular complexity index is 1090. The lowest BCUT2D eigenvalue weighted by Gasteiger charge is -2.14. The highest BCUT2D eigenvalue weighted by atomic mass is 32.2. The third-order valence-electron chi connectivity index (χ3n) is 4.25. The lowest BCUT2D eigenvalue weighted by atomic mass is 9.79. The Morgan fingerprint density at radius 3 is 2.63 bits per heavy atom. The molecule has 1 heterocycles. The molecule has 0 atom stereocenters. The molecule has 0 saturated heterocycles. The molecule has 0 aliphatic carbocycles. The number of hydrogen-bond acceptors (Lipinski definition) is 7. The molecule has 0 aromatic heterocycles. The zero-order valence-corrected chi connectivity index (χ0v) is 16.2. The maximum absolute atomic E-state index is 12.8. The Balaban J connectivity index is 1.97. The quantitative estimate of drug-likeness (QED) is 0.458. The molecule has 2 aromatic rings. The SMILES string of the molecule is CCS(=O)(=O)Cc1cc(N)ccc1S(=O)(=O)Nc1ccc2c(c1)B(O)OC2. The highest BCUT2D eigenvalue weighted by Crippen LogP contribution is 2.24. The topological polar surface area (TPSA) is 136 Å². The van der Waals surface area contributed by atoms with E-state index >= 15 is 0 Å². The second-order valence-corrected chi connectivity index (χ2v) is 10.2. The second-order valence-electron chi connectivity index (χ2n) is 6.23. The van der Waals surface area contributed by atoms with Crippen molar-refractivity contribution in [1.82, 2.24) is 0 Å². The van der Waals surface area contributed by atoms with E-state index in [-0.39, 0.29) is 34.2 Å². The van der Waals surface area contributed by atoms with E-state index in [1.54, 1.807) is 12.1 Å². The minimum absolute atomic E-state index is 0.105. The number of benzene rings is 2. The first-order valence-electron chi connectivity index (χ1n) is 8.15. The highest BCUT2D eigenvalue weighted by molar-refractivity contribution is 7.93. The maximum Gasteiger partial charge on any atom is 0.491 e. The number of hydrogen-bond donors (Lipinski definition) is 3. The van der Waals surface area contributed by atoms with Crippen LogP contribution in [0.1, 0.15) is 18.1 Å². The Kier molecular flexibility index (Phi) is 5.21. The van der Waals surface area contributed by atoms with Gasteiger partial charge in [-0.2, -0.15) is 0 Å². The molecule has 144 valence electrons. The number of rotatable bonds is 6. The van der Waals surface area contributed by atoms with Gasteiger partial charge in [0.15, 0.2) is 9.84 Å². The van der Waals surface area contributed by atoms with Gasteiger partial charge in [0, 0.05) is 17.1 Å². The van der Waals surface area contributed by atoms with E-state index < -0.39 is 32.7 Å². The highest BCUT2D eigenvalue weighted by Gasteiger charge is 2.28. The van der Waals surface area contributed by atoms with Crippen LogP contribution in [-0.2, 0) is 36.9 Å². The summed E-state index contributed by atoms with van der Waals surface area (Å²) in [6, 6.07) is 8.74. The number of fused-ring (bicyclic) bond motifs is 1. The minimum atomic E-state index is -4.07. The summed E-state index contributed by atoms with van der Waals surface area (Å²) in [6.07, 6.45) is 0. The van der Waals surface area contributed by atoms with Gasteiger partial charge >= 0.3 is 7.12 Å². The summed E-state index contributed by atoms with van der Waals surface area (Å²) in [7, 11) is -8.63. The standard InChI is InChI=1S/C16H19BN2O6S2/c1-2-26(21,22)10-12-7-13(18)4-6-16(12)27(23,24)19-14-5-3-11-9-25-17(20)15(11)8-14/h3-8,19-20H,2,9-10,18H2,1H3. The molecule has 0 unspecified atom stereocenters. The van der Waals surface area contributed by atoms with Crippen LogP contribution in [-0.4, -0.2) is 34.7 Å². The average Bonchev–Trinajstić information content (AvgIpc) is 2.95. The van der Waals surface area contributed by atoms with Gasteiger partial charge in [0.25, 0.3) is 10.0 Å². The van der Waals surface area contributed by atoms with Crippen LogP contribution in [0.2, 0.25) is 0 Å². The van der Waals surface area contributed by atoms with Crippen molar-refractivity contribution in [3.05, 3.63) is 47.5 Å². The molecule has 0 amide bonds. The average molecular weight is 410 g/mol. The van der Waals surface area contributed by atoms with Crippen LogP contribution in [0.5, 0.6) is 0 Å². The summed E-state index contributed by atoms with van der Waals surface area (Å²) in [4.78, 5) is -0.161. The molecule has 0 spiro atoms. The lowest BCUT2D eigenvalue weighted by Crippen LogP contribution is -2.28. The molecule has 3 rings (SSSR count). The van der Waals surface area contributed by atoms with Crippen LogP contribution < -0.4 is 15.9 Å². The number of sulfonamides is 1. The fraction of sp³-hybridized carbons (Fsp3) is 0.250. The van der Waals surface area contributed by atoms with Crippen molar-refractivity contribution in [1.29, 1.82) is 0 Å². The fourth-order valence-corrected chi connectivity index (χ4v) is 5.08. The van der Waals surface area contributed by atoms with Crippen molar-refractivity contribution in [2.75, 3.05) is 16.2 Å². The third kappa shape index (κ3) is 4.27. The van der Waals surface area contributed by atoms with Gasteiger partial charge in [-0.05, 0) is 46.9 Å². The molecular formula is C16H19BN2O6S2. The lowest BCUT2D eigenvalue weighted by molar-refractivity contribution is 0.275. The van der Waals surface area contributed by atoms with E-state index in [9.17, 15) is 21.9 Å². The molecule has 0 saturated carbocycles. The minimum Gasteiger partial charge on any atom is -0.423 e. The van der Waals surface area contributed by atoms with Gasteiger partial charge in [-0.15, -0.1) is 0 Å². The molecule has 4 N–H and O–H groups in total. The van der Waals surface area contributed by atoms with Crippen molar-refractivity contribution < 1.29 is 26.5 Å². The second kappa shape index (κ2) is 7.15. The third-order valence-corrected chi connectivity index (χ3v) is 7.36. The summed E-state index contributed by atoms with van der Waals surface area (Å²) in [5.41, 5.74) is 7.58. The maximum atomic E-state index is 12.8. The van der Waals surface area contributed by atoms with E-state index in [2.05, 4.69) is 4.72 Å². The number of nitrogens with two attached hydrogens (primary N) is 1. The Labute approximate surface area is 158 Å². The van der Waals surface area contributed by atoms with Gasteiger partial charge in [0.05, 0.1) is 17.3 Å². The molecule has 27 heavy (non-hydrogen) atoms. The van der Waals surface area contributed by atoms with E-state index in [1.807, 2.05) is 0 Å². The molecule has 8 nitrogen and oxygen atoms in total. The van der Waals surface area contributed by atoms with Gasteiger partial charge in [-0.25, -0.2) is 16.8 Å². The summed E-state index contributed by atoms with van der Waals surface area (Å²) in [5.74, 6) is -0.543. The van der Waals surface area contributed by atoms with Crippen LogP contribution in [0, 0.1) is 0 Å². The molecule has 1 aliphatic heterocycles. The van der Waals surface area contributed by atoms with Crippen LogP contribution in [0.25, 0.3) is 0 Å². The molecule has 0 bridgehead atoms. The van der Waals surface area contributed by atoms with Crippen molar-refractivity contribution in [2.45, 2.75) is 24.2 Å². The van der Waals surface area contributed by atoms with E-state index in [1.165, 1.54) is 31.2 Å². The Morgan fingerprint density at radius 1 is 1.19 bits per heavy atom. The normalized spacial score (nSPS) is 14.2. The largest absolute Gasteiger partial charge is 0.491 e. The van der Waals surface area contributed by atoms with Gasteiger partial charge in [-0.3, -0.25) is 4.72 Å². The van der Waals surface area contributed by atoms with Gasteiger partial charge in [-0.1, -0.05) is 13.0 Å². The number of sulfone groups is 1. The van der Waals surface area contributed by atoms with Gasteiger partial charge in [0.1, 0.15) is 0 Å². The smallest absolute Gasteiger partial charge is 0.423 e. The first-order chi connectivity index (χ1) is 12.6. The first-order valence-corrected chi connectivity index (χ1v) is 11.5. The fourth-order valence-electron chi connectivity index (χ4n) is 2.80. The van der Waals surface area contributed by atoms with E-state index in [4.69, 9.17) is 10.4 Å². The molecule has 1 aliphatic rings. The summed E-state index contributed by atoms with van der Waals surface area (Å²) in [5, 5.41) is 9.77. The predicted molar refractivity (Wildman–Crippen MR) is 104 cm³/mol. The van der Waals surface area contributed by atoms with Crippen molar-refractivity contribution >= 4 is 43.8 Å². The van der Waals surface area contributed by atoms with Crippen molar-refractivity contribution in [3.8, 4) is 0 Å². The monoisotopic (exact) mass is 410 g/mol. The molecule has 2 aromatic carbocycles. The Morgan fingerprint density at radius 2 is 1.93 bits per heavy atom. The number of anilines is 2. The van der Waals surface area contributed by atoms with E-state index in [0.29, 0.717) is 5.46 Å². The molecule has 0 fully saturated rings. The van der Waals surface area contributed by atoms with Crippen molar-refractivity contribution in [2.24, 2.45) is 0 Å². The Hall–Kier alpha value is -2.08. The summed E-state index contributed by atoms with van der Waals surface area (Å²) >= 11 is 0. The van der Waals surface area contributed by atoms with Crippen LogP contribution in [0.4, 0.5) is 11.4 Å². The molecule has 0 radical (unpaired) electrons. The van der Waals surface area contributed by atoms with E-state index in [0.717, 1.165) is 5.56 Å². The van der Waals surface area contributed by atoms with Crippen LogP contribution in [0.15, 0.2) is 41.3 Å². The molecular weight excluding hydrogens is 391 g/mol. The zero-order valence-electron chi connectivity index (χ0n) is 14.5. The van der Waals surface area contributed by atoms with Gasteiger partial charge < -0.3 is 15.4 Å².